The Morgan fingerprint density at radius 2 is 1.91 bits per heavy atom. The zero-order valence-corrected chi connectivity index (χ0v) is 18.5. The number of carboxylic acid groups (broad SMARTS) is 1. The highest BCUT2D eigenvalue weighted by Gasteiger charge is 2.46. The van der Waals surface area contributed by atoms with Crippen molar-refractivity contribution in [2.75, 3.05) is 0 Å². The van der Waals surface area contributed by atoms with Crippen LogP contribution in [0, 0.1) is 34.9 Å². The molecule has 32 heavy (non-hydrogen) atoms. The van der Waals surface area contributed by atoms with Crippen LogP contribution in [-0.4, -0.2) is 11.1 Å². The Morgan fingerprint density at radius 1 is 1.16 bits per heavy atom. The summed E-state index contributed by atoms with van der Waals surface area (Å²) in [6.07, 6.45) is 3.07. The Labute approximate surface area is 191 Å². The van der Waals surface area contributed by atoms with Crippen LogP contribution in [0.5, 0.6) is 0 Å². The average Bonchev–Trinajstić information content (AvgIpc) is 3.45. The van der Waals surface area contributed by atoms with Crippen molar-refractivity contribution >= 4 is 17.3 Å². The van der Waals surface area contributed by atoms with Crippen molar-refractivity contribution in [1.29, 1.82) is 5.26 Å². The van der Waals surface area contributed by atoms with Gasteiger partial charge < -0.3 is 5.11 Å². The number of benzene rings is 2. The summed E-state index contributed by atoms with van der Waals surface area (Å²) in [5, 5.41) is 18.5. The van der Waals surface area contributed by atoms with Gasteiger partial charge in [0, 0.05) is 26.4 Å². The third kappa shape index (κ3) is 4.74. The second kappa shape index (κ2) is 8.99. The molecule has 1 saturated carbocycles. The second-order valence-corrected chi connectivity index (χ2v) is 9.36. The number of carboxylic acids is 1. The molecule has 0 radical (unpaired) electrons. The van der Waals surface area contributed by atoms with Crippen molar-refractivity contribution in [3.05, 3.63) is 82.0 Å². The highest BCUT2D eigenvalue weighted by molar-refractivity contribution is 7.15. The van der Waals surface area contributed by atoms with Gasteiger partial charge in [0.05, 0.1) is 17.4 Å². The summed E-state index contributed by atoms with van der Waals surface area (Å²) in [5.41, 5.74) is 3.01. The first-order valence-corrected chi connectivity index (χ1v) is 11.4. The maximum absolute atomic E-state index is 14.0. The normalized spacial score (nSPS) is 14.7. The van der Waals surface area contributed by atoms with E-state index in [9.17, 15) is 14.4 Å². The summed E-state index contributed by atoms with van der Waals surface area (Å²) in [7, 11) is 0. The molecule has 1 heterocycles. The fraction of sp³-hybridized carbons (Fsp3) is 0.259. The average molecular weight is 444 g/mol. The van der Waals surface area contributed by atoms with E-state index >= 15 is 0 Å². The third-order valence-electron chi connectivity index (χ3n) is 5.87. The molecule has 1 aliphatic rings. The van der Waals surface area contributed by atoms with Crippen LogP contribution in [0.4, 0.5) is 4.39 Å². The van der Waals surface area contributed by atoms with Gasteiger partial charge in [0.1, 0.15) is 5.82 Å². The Morgan fingerprint density at radius 3 is 2.56 bits per heavy atom. The molecule has 0 aliphatic heterocycles. The van der Waals surface area contributed by atoms with E-state index in [1.54, 1.807) is 24.3 Å². The van der Waals surface area contributed by atoms with Crippen LogP contribution in [0.25, 0.3) is 10.4 Å². The number of aliphatic carboxylic acids is 1. The molecule has 3 aromatic rings. The minimum absolute atomic E-state index is 0.335. The van der Waals surface area contributed by atoms with Crippen LogP contribution in [-0.2, 0) is 16.6 Å². The maximum Gasteiger partial charge on any atom is 0.306 e. The molecule has 5 heteroatoms. The van der Waals surface area contributed by atoms with E-state index in [4.69, 9.17) is 5.11 Å². The monoisotopic (exact) mass is 443 g/mol. The maximum atomic E-state index is 14.0. The summed E-state index contributed by atoms with van der Waals surface area (Å²) in [5.74, 6) is 4.72. The number of hydrogen-bond donors (Lipinski definition) is 1. The lowest BCUT2D eigenvalue weighted by molar-refractivity contribution is -0.141. The Balaban J connectivity index is 1.54. The smallest absolute Gasteiger partial charge is 0.306 e. The Hall–Kier alpha value is -3.41. The molecule has 1 aromatic heterocycles. The van der Waals surface area contributed by atoms with Crippen molar-refractivity contribution in [2.24, 2.45) is 5.92 Å². The lowest BCUT2D eigenvalue weighted by Crippen LogP contribution is -2.10. The van der Waals surface area contributed by atoms with Crippen LogP contribution < -0.4 is 0 Å². The number of nitrogens with zero attached hydrogens (tertiary/aromatic N) is 1. The molecule has 1 fully saturated rings. The third-order valence-corrected chi connectivity index (χ3v) is 7.19. The van der Waals surface area contributed by atoms with E-state index in [0.717, 1.165) is 39.3 Å². The van der Waals surface area contributed by atoms with Gasteiger partial charge in [0.25, 0.3) is 0 Å². The molecule has 1 N–H and O–H groups in total. The predicted octanol–water partition coefficient (Wildman–Crippen LogP) is 6.16. The number of aryl methyl sites for hydroxylation is 1. The zero-order chi connectivity index (χ0) is 22.7. The number of nitriles is 1. The van der Waals surface area contributed by atoms with Crippen molar-refractivity contribution in [3.63, 3.8) is 0 Å². The molecule has 4 rings (SSSR count). The van der Waals surface area contributed by atoms with E-state index in [1.165, 1.54) is 12.1 Å². The highest BCUT2D eigenvalue weighted by Crippen LogP contribution is 2.51. The fourth-order valence-electron chi connectivity index (χ4n) is 3.51. The van der Waals surface area contributed by atoms with Gasteiger partial charge >= 0.3 is 5.97 Å². The summed E-state index contributed by atoms with van der Waals surface area (Å²) in [4.78, 5) is 13.0. The minimum atomic E-state index is -0.781. The summed E-state index contributed by atoms with van der Waals surface area (Å²) < 4.78 is 14.0. The first-order valence-electron chi connectivity index (χ1n) is 10.6. The van der Waals surface area contributed by atoms with Gasteiger partial charge in [-0.25, -0.2) is 4.39 Å². The van der Waals surface area contributed by atoms with Crippen LogP contribution in [0.15, 0.2) is 54.6 Å². The van der Waals surface area contributed by atoms with Gasteiger partial charge in [-0.05, 0) is 73.7 Å². The lowest BCUT2D eigenvalue weighted by atomic mass is 10.0. The second-order valence-electron chi connectivity index (χ2n) is 8.27. The van der Waals surface area contributed by atoms with Crippen LogP contribution in [0.1, 0.15) is 47.8 Å². The molecule has 160 valence electrons. The van der Waals surface area contributed by atoms with Crippen molar-refractivity contribution < 1.29 is 14.3 Å². The number of rotatable bonds is 6. The van der Waals surface area contributed by atoms with Crippen molar-refractivity contribution in [1.82, 2.24) is 0 Å². The fourth-order valence-corrected chi connectivity index (χ4v) is 4.76. The van der Waals surface area contributed by atoms with Gasteiger partial charge in [-0.2, -0.15) is 5.26 Å². The SMILES string of the molecule is CC(CCc1ccc(C#Cc2cc(F)ccc2-c2ccc(C3(C#N)CC3)s2)cc1)C(=O)O. The largest absolute Gasteiger partial charge is 0.481 e. The zero-order valence-electron chi connectivity index (χ0n) is 17.7. The van der Waals surface area contributed by atoms with Gasteiger partial charge in [0.2, 0.25) is 0 Å². The summed E-state index contributed by atoms with van der Waals surface area (Å²) in [6.45, 7) is 1.71. The first kappa shape index (κ1) is 21.8. The molecule has 3 nitrogen and oxygen atoms in total. The molecular weight excluding hydrogens is 421 g/mol. The van der Waals surface area contributed by atoms with E-state index in [1.807, 2.05) is 36.4 Å². The Bertz CT molecular complexity index is 1250. The van der Waals surface area contributed by atoms with Crippen LogP contribution >= 0.6 is 11.3 Å². The van der Waals surface area contributed by atoms with Crippen LogP contribution in [0.2, 0.25) is 0 Å². The standard InChI is InChI=1S/C27H22FNO2S/c1-18(26(30)31)2-3-19-4-6-20(7-5-19)8-9-21-16-22(28)10-11-23(21)24-12-13-25(32-24)27(17-29)14-15-27/h4-7,10-13,16,18H,2-3,14-15H2,1H3,(H,30,31). The van der Waals surface area contributed by atoms with Gasteiger partial charge in [-0.1, -0.05) is 30.9 Å². The lowest BCUT2D eigenvalue weighted by Gasteiger charge is -2.06. The topological polar surface area (TPSA) is 61.1 Å². The Kier molecular flexibility index (Phi) is 6.12. The van der Waals surface area contributed by atoms with E-state index in [-0.39, 0.29) is 17.2 Å². The number of thiophene rings is 1. The number of halogens is 1. The highest BCUT2D eigenvalue weighted by atomic mass is 32.1. The summed E-state index contributed by atoms with van der Waals surface area (Å²) >= 11 is 1.58. The first-order chi connectivity index (χ1) is 15.4. The molecule has 1 atom stereocenters. The van der Waals surface area contributed by atoms with E-state index in [2.05, 4.69) is 17.9 Å². The van der Waals surface area contributed by atoms with Crippen molar-refractivity contribution in [3.8, 4) is 28.4 Å². The predicted molar refractivity (Wildman–Crippen MR) is 124 cm³/mol. The molecule has 1 aliphatic carbocycles. The molecule has 0 spiro atoms. The molecule has 1 unspecified atom stereocenters. The molecule has 2 aromatic carbocycles. The quantitative estimate of drug-likeness (QED) is 0.464. The number of hydrogen-bond acceptors (Lipinski definition) is 3. The van der Waals surface area contributed by atoms with Crippen molar-refractivity contribution in [2.45, 2.75) is 38.0 Å². The minimum Gasteiger partial charge on any atom is -0.481 e. The van der Waals surface area contributed by atoms with Gasteiger partial charge in [-0.15, -0.1) is 11.3 Å². The van der Waals surface area contributed by atoms with Gasteiger partial charge in [0.15, 0.2) is 0 Å². The van der Waals surface area contributed by atoms with E-state index < -0.39 is 5.97 Å². The molecule has 0 bridgehead atoms. The molecule has 0 amide bonds. The summed E-state index contributed by atoms with van der Waals surface area (Å²) in [6, 6.07) is 18.7. The molecular formula is C27H22FNO2S. The van der Waals surface area contributed by atoms with Crippen LogP contribution in [0.3, 0.4) is 0 Å². The van der Waals surface area contributed by atoms with E-state index in [0.29, 0.717) is 18.4 Å². The molecule has 0 saturated heterocycles. The van der Waals surface area contributed by atoms with Gasteiger partial charge in [-0.3, -0.25) is 4.79 Å². The number of carbonyl (C=O) groups is 1.